The Balaban J connectivity index is 1.20. The first-order chi connectivity index (χ1) is 15.6. The van der Waals surface area contributed by atoms with Gasteiger partial charge in [-0.2, -0.15) is 5.10 Å². The molecule has 0 radical (unpaired) electrons. The minimum Gasteiger partial charge on any atom is -0.353 e. The molecular weight excluding hydrogens is 406 g/mol. The van der Waals surface area contributed by atoms with Gasteiger partial charge in [-0.1, -0.05) is 17.7 Å². The Kier molecular flexibility index (Phi) is 5.30. The van der Waals surface area contributed by atoms with E-state index in [1.54, 1.807) is 15.8 Å². The minimum atomic E-state index is -0.291. The Labute approximate surface area is 186 Å². The molecule has 164 valence electrons. The molecule has 0 spiro atoms. The maximum atomic E-state index is 13.1. The molecule has 9 heteroatoms. The van der Waals surface area contributed by atoms with Crippen LogP contribution in [0.1, 0.15) is 12.0 Å². The monoisotopic (exact) mass is 431 g/mol. The SMILES string of the molecule is Cc1ccc(N2CC(C(=O)N3CCN(c4cc(-n5cccn5)ncn4)CC3)CC2=O)cc1. The fraction of sp³-hybridized carbons (Fsp3) is 0.348. The average Bonchev–Trinajstić information content (AvgIpc) is 3.50. The molecule has 1 unspecified atom stereocenters. The van der Waals surface area contributed by atoms with Crippen LogP contribution in [-0.2, 0) is 9.59 Å². The van der Waals surface area contributed by atoms with Gasteiger partial charge in [0.15, 0.2) is 5.82 Å². The fourth-order valence-electron chi connectivity index (χ4n) is 4.30. The van der Waals surface area contributed by atoms with Crippen LogP contribution in [0.2, 0.25) is 0 Å². The van der Waals surface area contributed by atoms with Crippen molar-refractivity contribution >= 4 is 23.3 Å². The van der Waals surface area contributed by atoms with Gasteiger partial charge >= 0.3 is 0 Å². The third kappa shape index (κ3) is 3.93. The zero-order valence-electron chi connectivity index (χ0n) is 18.0. The number of anilines is 2. The summed E-state index contributed by atoms with van der Waals surface area (Å²) in [6.07, 6.45) is 5.35. The molecule has 2 fully saturated rings. The Hall–Kier alpha value is -3.75. The molecule has 9 nitrogen and oxygen atoms in total. The van der Waals surface area contributed by atoms with Crippen LogP contribution in [0.3, 0.4) is 0 Å². The van der Waals surface area contributed by atoms with Crippen LogP contribution in [0.5, 0.6) is 0 Å². The number of amides is 2. The lowest BCUT2D eigenvalue weighted by Gasteiger charge is -2.36. The first kappa shape index (κ1) is 20.2. The molecular formula is C23H25N7O2. The van der Waals surface area contributed by atoms with Gasteiger partial charge in [-0.15, -0.1) is 0 Å². The lowest BCUT2D eigenvalue weighted by atomic mass is 10.1. The molecule has 32 heavy (non-hydrogen) atoms. The molecule has 0 saturated carbocycles. The summed E-state index contributed by atoms with van der Waals surface area (Å²) in [5.41, 5.74) is 2.00. The molecule has 0 N–H and O–H groups in total. The second-order valence-corrected chi connectivity index (χ2v) is 8.24. The number of hydrogen-bond acceptors (Lipinski definition) is 6. The van der Waals surface area contributed by atoms with Crippen molar-refractivity contribution in [1.82, 2.24) is 24.6 Å². The van der Waals surface area contributed by atoms with Gasteiger partial charge in [0.25, 0.3) is 0 Å². The van der Waals surface area contributed by atoms with Crippen LogP contribution >= 0.6 is 0 Å². The standard InChI is InChI=1S/C23H25N7O2/c1-17-3-5-19(6-4-17)29-15-18(13-22(29)31)23(32)28-11-9-27(10-12-28)20-14-21(25-16-24-20)30-8-2-7-26-30/h2-8,14,16,18H,9-13,15H2,1H3. The predicted octanol–water partition coefficient (Wildman–Crippen LogP) is 1.67. The quantitative estimate of drug-likeness (QED) is 0.625. The lowest BCUT2D eigenvalue weighted by Crippen LogP contribution is -2.51. The second kappa shape index (κ2) is 8.41. The molecule has 3 aromatic rings. The maximum Gasteiger partial charge on any atom is 0.228 e. The van der Waals surface area contributed by atoms with Gasteiger partial charge in [0.1, 0.15) is 12.1 Å². The van der Waals surface area contributed by atoms with Gasteiger partial charge in [-0.25, -0.2) is 14.6 Å². The van der Waals surface area contributed by atoms with E-state index in [9.17, 15) is 9.59 Å². The van der Waals surface area contributed by atoms with Crippen molar-refractivity contribution in [3.05, 3.63) is 60.7 Å². The fourth-order valence-corrected chi connectivity index (χ4v) is 4.30. The molecule has 1 aromatic carbocycles. The largest absolute Gasteiger partial charge is 0.353 e. The summed E-state index contributed by atoms with van der Waals surface area (Å²) in [7, 11) is 0. The van der Waals surface area contributed by atoms with Crippen LogP contribution in [0, 0.1) is 12.8 Å². The molecule has 1 atom stereocenters. The summed E-state index contributed by atoms with van der Waals surface area (Å²) in [4.78, 5) is 40.1. The van der Waals surface area contributed by atoms with Crippen LogP contribution in [0.15, 0.2) is 55.1 Å². The highest BCUT2D eigenvalue weighted by atomic mass is 16.2. The average molecular weight is 432 g/mol. The Bertz CT molecular complexity index is 1110. The molecule has 2 saturated heterocycles. The Morgan fingerprint density at radius 1 is 1.03 bits per heavy atom. The third-order valence-electron chi connectivity index (χ3n) is 6.11. The molecule has 5 rings (SSSR count). The van der Waals surface area contributed by atoms with Crippen LogP contribution in [0.25, 0.3) is 5.82 Å². The van der Waals surface area contributed by atoms with E-state index in [2.05, 4.69) is 20.0 Å². The number of carbonyl (C=O) groups excluding carboxylic acids is 2. The zero-order valence-corrected chi connectivity index (χ0v) is 18.0. The third-order valence-corrected chi connectivity index (χ3v) is 6.11. The van der Waals surface area contributed by atoms with E-state index in [1.165, 1.54) is 6.33 Å². The highest BCUT2D eigenvalue weighted by Crippen LogP contribution is 2.27. The van der Waals surface area contributed by atoms with E-state index in [0.717, 1.165) is 17.1 Å². The van der Waals surface area contributed by atoms with Gasteiger partial charge in [-0.3, -0.25) is 9.59 Å². The summed E-state index contributed by atoms with van der Waals surface area (Å²) in [6.45, 7) is 5.04. The first-order valence-electron chi connectivity index (χ1n) is 10.8. The molecule has 2 aromatic heterocycles. The van der Waals surface area contributed by atoms with Gasteiger partial charge in [0, 0.05) is 63.3 Å². The van der Waals surface area contributed by atoms with Crippen molar-refractivity contribution in [2.24, 2.45) is 5.92 Å². The Morgan fingerprint density at radius 2 is 1.78 bits per heavy atom. The molecule has 4 heterocycles. The van der Waals surface area contributed by atoms with Crippen molar-refractivity contribution in [3.8, 4) is 5.82 Å². The topological polar surface area (TPSA) is 87.5 Å². The highest BCUT2D eigenvalue weighted by Gasteiger charge is 2.38. The summed E-state index contributed by atoms with van der Waals surface area (Å²) in [5.74, 6) is 1.31. The van der Waals surface area contributed by atoms with Gasteiger partial charge in [-0.05, 0) is 25.1 Å². The van der Waals surface area contributed by atoms with Gasteiger partial charge < -0.3 is 14.7 Å². The summed E-state index contributed by atoms with van der Waals surface area (Å²) >= 11 is 0. The molecule has 0 bridgehead atoms. The molecule has 2 aliphatic heterocycles. The molecule has 2 aliphatic rings. The van der Waals surface area contributed by atoms with Crippen LogP contribution in [0.4, 0.5) is 11.5 Å². The van der Waals surface area contributed by atoms with Crippen LogP contribution in [-0.4, -0.2) is 69.2 Å². The minimum absolute atomic E-state index is 0.0120. The number of aromatic nitrogens is 4. The van der Waals surface area contributed by atoms with E-state index in [-0.39, 0.29) is 24.2 Å². The summed E-state index contributed by atoms with van der Waals surface area (Å²) in [5, 5.41) is 4.21. The normalized spacial score (nSPS) is 19.0. The number of hydrogen-bond donors (Lipinski definition) is 0. The number of benzene rings is 1. The van der Waals surface area contributed by atoms with E-state index in [4.69, 9.17) is 0 Å². The first-order valence-corrected chi connectivity index (χ1v) is 10.8. The van der Waals surface area contributed by atoms with Crippen molar-refractivity contribution in [2.45, 2.75) is 13.3 Å². The lowest BCUT2D eigenvalue weighted by molar-refractivity contribution is -0.136. The second-order valence-electron chi connectivity index (χ2n) is 8.24. The number of aryl methyl sites for hydroxylation is 1. The number of nitrogens with zero attached hydrogens (tertiary/aromatic N) is 7. The Morgan fingerprint density at radius 3 is 2.50 bits per heavy atom. The highest BCUT2D eigenvalue weighted by molar-refractivity contribution is 6.00. The molecule has 2 amide bonds. The van der Waals surface area contributed by atoms with E-state index < -0.39 is 0 Å². The summed E-state index contributed by atoms with van der Waals surface area (Å²) < 4.78 is 1.70. The van der Waals surface area contributed by atoms with E-state index in [1.807, 2.05) is 54.4 Å². The van der Waals surface area contributed by atoms with Crippen molar-refractivity contribution in [2.75, 3.05) is 42.5 Å². The zero-order chi connectivity index (χ0) is 22.1. The van der Waals surface area contributed by atoms with E-state index >= 15 is 0 Å². The van der Waals surface area contributed by atoms with Gasteiger partial charge in [0.05, 0.1) is 5.92 Å². The van der Waals surface area contributed by atoms with Crippen molar-refractivity contribution in [3.63, 3.8) is 0 Å². The van der Waals surface area contributed by atoms with Crippen molar-refractivity contribution < 1.29 is 9.59 Å². The number of rotatable bonds is 4. The van der Waals surface area contributed by atoms with Gasteiger partial charge in [0.2, 0.25) is 11.8 Å². The molecule has 0 aliphatic carbocycles. The number of carbonyl (C=O) groups is 2. The van der Waals surface area contributed by atoms with Crippen LogP contribution < -0.4 is 9.80 Å². The van der Waals surface area contributed by atoms with E-state index in [0.29, 0.717) is 38.5 Å². The summed E-state index contributed by atoms with van der Waals surface area (Å²) in [6, 6.07) is 11.6. The maximum absolute atomic E-state index is 13.1. The number of piperazine rings is 1. The smallest absolute Gasteiger partial charge is 0.228 e. The predicted molar refractivity (Wildman–Crippen MR) is 120 cm³/mol. The van der Waals surface area contributed by atoms with Crippen molar-refractivity contribution in [1.29, 1.82) is 0 Å².